The lowest BCUT2D eigenvalue weighted by molar-refractivity contribution is 0.280. The molecule has 3 aromatic carbocycles. The minimum atomic E-state index is -0.390. The van der Waals surface area contributed by atoms with Crippen LogP contribution in [-0.4, -0.2) is 28.7 Å². The zero-order chi connectivity index (χ0) is 26.6. The lowest BCUT2D eigenvalue weighted by Gasteiger charge is -2.18. The van der Waals surface area contributed by atoms with Gasteiger partial charge in [0, 0.05) is 35.3 Å². The third kappa shape index (κ3) is 5.27. The molecule has 1 N–H and O–H groups in total. The van der Waals surface area contributed by atoms with Crippen LogP contribution in [0, 0.1) is 5.82 Å². The first-order valence-electron chi connectivity index (χ1n) is 12.4. The van der Waals surface area contributed by atoms with E-state index in [1.165, 1.54) is 23.0 Å². The number of pyridine rings is 1. The van der Waals surface area contributed by atoms with Gasteiger partial charge in [-0.1, -0.05) is 48.5 Å². The summed E-state index contributed by atoms with van der Waals surface area (Å²) in [7, 11) is 3.66. The Bertz CT molecular complexity index is 1610. The number of benzene rings is 3. The third-order valence-corrected chi connectivity index (χ3v) is 7.94. The predicted molar refractivity (Wildman–Crippen MR) is 151 cm³/mol. The van der Waals surface area contributed by atoms with Crippen LogP contribution in [0.4, 0.5) is 4.39 Å². The maximum atomic E-state index is 14.6. The summed E-state index contributed by atoms with van der Waals surface area (Å²) >= 11 is 1.52. The summed E-state index contributed by atoms with van der Waals surface area (Å²) in [6, 6.07) is 24.6. The van der Waals surface area contributed by atoms with Gasteiger partial charge in [0.1, 0.15) is 16.4 Å². The van der Waals surface area contributed by atoms with Crippen LogP contribution >= 0.6 is 11.3 Å². The average molecular weight is 529 g/mol. The van der Waals surface area contributed by atoms with E-state index < -0.39 is 0 Å². The fourth-order valence-corrected chi connectivity index (χ4v) is 6.03. The van der Waals surface area contributed by atoms with Crippen LogP contribution in [0.25, 0.3) is 20.7 Å². The quantitative estimate of drug-likeness (QED) is 0.253. The van der Waals surface area contributed by atoms with E-state index in [1.54, 1.807) is 31.5 Å². The molecule has 0 atom stereocenters. The highest BCUT2D eigenvalue weighted by molar-refractivity contribution is 7.22. The second kappa shape index (κ2) is 11.3. The Labute approximate surface area is 225 Å². The fourth-order valence-electron chi connectivity index (χ4n) is 4.74. The number of aromatic nitrogens is 1. The summed E-state index contributed by atoms with van der Waals surface area (Å²) in [5.74, 6) is 0.443. The summed E-state index contributed by atoms with van der Waals surface area (Å²) in [6.45, 7) is 1.10. The molecule has 38 heavy (non-hydrogen) atoms. The molecule has 0 unspecified atom stereocenters. The third-order valence-electron chi connectivity index (χ3n) is 6.62. The molecule has 7 heteroatoms. The van der Waals surface area contributed by atoms with Crippen molar-refractivity contribution in [2.75, 3.05) is 14.2 Å². The molecule has 0 spiro atoms. The molecule has 2 heterocycles. The summed E-state index contributed by atoms with van der Waals surface area (Å²) in [5, 5.41) is 10.6. The number of fused-ring (bicyclic) bond motifs is 1. The zero-order valence-electron chi connectivity index (χ0n) is 21.4. The van der Waals surface area contributed by atoms with Gasteiger partial charge in [0.25, 0.3) is 0 Å². The van der Waals surface area contributed by atoms with Crippen molar-refractivity contribution in [3.8, 4) is 16.2 Å². The smallest absolute Gasteiger partial charge is 0.196 e. The molecule has 2 aromatic heterocycles. The average Bonchev–Trinajstić information content (AvgIpc) is 3.31. The van der Waals surface area contributed by atoms with Crippen LogP contribution in [0.15, 0.2) is 89.9 Å². The molecule has 0 aliphatic rings. The van der Waals surface area contributed by atoms with Crippen LogP contribution in [0.5, 0.6) is 5.75 Å². The van der Waals surface area contributed by atoms with Crippen molar-refractivity contribution in [3.05, 3.63) is 123 Å². The van der Waals surface area contributed by atoms with Gasteiger partial charge in [-0.05, 0) is 54.1 Å². The van der Waals surface area contributed by atoms with Crippen molar-refractivity contribution < 1.29 is 14.2 Å². The molecule has 5 aromatic rings. The number of nitrogens with zero attached hydrogens (tertiary/aromatic N) is 2. The summed E-state index contributed by atoms with van der Waals surface area (Å²) < 4.78 is 21.8. The topological polar surface area (TPSA) is 54.7 Å². The largest absolute Gasteiger partial charge is 0.497 e. The van der Waals surface area contributed by atoms with Gasteiger partial charge in [0.15, 0.2) is 5.43 Å². The van der Waals surface area contributed by atoms with Crippen molar-refractivity contribution in [1.82, 2.24) is 9.47 Å². The highest BCUT2D eigenvalue weighted by atomic mass is 32.1. The molecule has 0 radical (unpaired) electrons. The maximum absolute atomic E-state index is 14.6. The molecule has 0 amide bonds. The molecule has 5 rings (SSSR count). The second-order valence-corrected chi connectivity index (χ2v) is 10.3. The van der Waals surface area contributed by atoms with Gasteiger partial charge in [-0.3, -0.25) is 9.69 Å². The number of aliphatic hydroxyl groups is 1. The van der Waals surface area contributed by atoms with E-state index >= 15 is 0 Å². The summed E-state index contributed by atoms with van der Waals surface area (Å²) in [6.07, 6.45) is 1.66. The molecule has 0 aliphatic heterocycles. The van der Waals surface area contributed by atoms with E-state index in [9.17, 15) is 14.3 Å². The fraction of sp³-hybridized carbons (Fsp3) is 0.194. The molecule has 0 saturated carbocycles. The Morgan fingerprint density at radius 1 is 0.947 bits per heavy atom. The second-order valence-electron chi connectivity index (χ2n) is 9.34. The van der Waals surface area contributed by atoms with Crippen molar-refractivity contribution in [2.24, 2.45) is 0 Å². The first kappa shape index (κ1) is 25.9. The summed E-state index contributed by atoms with van der Waals surface area (Å²) in [5.41, 5.74) is 3.66. The van der Waals surface area contributed by atoms with E-state index in [-0.39, 0.29) is 24.4 Å². The minimum Gasteiger partial charge on any atom is -0.497 e. The summed E-state index contributed by atoms with van der Waals surface area (Å²) in [4.78, 5) is 17.6. The van der Waals surface area contributed by atoms with Crippen LogP contribution < -0.4 is 10.2 Å². The Hall–Kier alpha value is -3.78. The number of ether oxygens (including phenoxy) is 1. The SMILES string of the molecule is COc1ccc(-c2sc3c(c2CN(C)Cc2ccccc2)c(=O)c(CO)cn3Cc2ccccc2F)cc1. The van der Waals surface area contributed by atoms with E-state index in [2.05, 4.69) is 17.0 Å². The number of methoxy groups -OCH3 is 1. The van der Waals surface area contributed by atoms with Crippen molar-refractivity contribution >= 4 is 21.6 Å². The van der Waals surface area contributed by atoms with Crippen LogP contribution in [0.1, 0.15) is 22.3 Å². The van der Waals surface area contributed by atoms with Gasteiger partial charge in [0.2, 0.25) is 0 Å². The molecular weight excluding hydrogens is 499 g/mol. The molecule has 5 nitrogen and oxygen atoms in total. The predicted octanol–water partition coefficient (Wildman–Crippen LogP) is 6.05. The van der Waals surface area contributed by atoms with Crippen LogP contribution in [0.2, 0.25) is 0 Å². The number of halogens is 1. The monoisotopic (exact) mass is 528 g/mol. The van der Waals surface area contributed by atoms with Crippen molar-refractivity contribution in [3.63, 3.8) is 0 Å². The highest BCUT2D eigenvalue weighted by Gasteiger charge is 2.22. The van der Waals surface area contributed by atoms with Gasteiger partial charge in [-0.25, -0.2) is 4.39 Å². The first-order chi connectivity index (χ1) is 18.5. The lowest BCUT2D eigenvalue weighted by atomic mass is 10.0. The molecule has 0 bridgehead atoms. The maximum Gasteiger partial charge on any atom is 0.196 e. The Balaban J connectivity index is 1.68. The molecular formula is C31H29FN2O3S. The molecule has 0 aliphatic carbocycles. The normalized spacial score (nSPS) is 11.4. The lowest BCUT2D eigenvalue weighted by Crippen LogP contribution is -2.20. The minimum absolute atomic E-state index is 0.189. The Morgan fingerprint density at radius 3 is 2.34 bits per heavy atom. The van der Waals surface area contributed by atoms with Crippen LogP contribution in [-0.2, 0) is 26.2 Å². The molecule has 0 fully saturated rings. The van der Waals surface area contributed by atoms with Crippen LogP contribution in [0.3, 0.4) is 0 Å². The zero-order valence-corrected chi connectivity index (χ0v) is 22.2. The van der Waals surface area contributed by atoms with Gasteiger partial charge < -0.3 is 14.4 Å². The van der Waals surface area contributed by atoms with Gasteiger partial charge in [0.05, 0.1) is 25.6 Å². The van der Waals surface area contributed by atoms with E-state index in [0.29, 0.717) is 29.6 Å². The Morgan fingerprint density at radius 2 is 1.66 bits per heavy atom. The van der Waals surface area contributed by atoms with E-state index in [1.807, 2.05) is 54.1 Å². The number of aliphatic hydroxyl groups excluding tert-OH is 1. The van der Waals surface area contributed by atoms with Gasteiger partial charge >= 0.3 is 0 Å². The molecule has 194 valence electrons. The Kier molecular flexibility index (Phi) is 7.69. The van der Waals surface area contributed by atoms with Gasteiger partial charge in [-0.15, -0.1) is 11.3 Å². The number of hydrogen-bond donors (Lipinski definition) is 1. The first-order valence-corrected chi connectivity index (χ1v) is 13.2. The standard InChI is InChI=1S/C31H29FN2O3S/c1-33(16-21-8-4-3-5-9-21)19-26-28-29(36)24(20-35)18-34(17-23-10-6-7-11-27(23)32)31(28)38-30(26)22-12-14-25(37-2)15-13-22/h3-15,18,35H,16-17,19-20H2,1-2H3. The van der Waals surface area contributed by atoms with E-state index in [4.69, 9.17) is 4.74 Å². The van der Waals surface area contributed by atoms with Crippen molar-refractivity contribution in [1.29, 1.82) is 0 Å². The van der Waals surface area contributed by atoms with Gasteiger partial charge in [-0.2, -0.15) is 0 Å². The number of rotatable bonds is 9. The molecule has 0 saturated heterocycles. The van der Waals surface area contributed by atoms with Crippen molar-refractivity contribution in [2.45, 2.75) is 26.2 Å². The number of hydrogen-bond acceptors (Lipinski definition) is 5. The highest BCUT2D eigenvalue weighted by Crippen LogP contribution is 2.39. The van der Waals surface area contributed by atoms with E-state index in [0.717, 1.165) is 26.6 Å². The number of thiophene rings is 1.